The molecule has 1 aromatic heterocycles. The highest BCUT2D eigenvalue weighted by Crippen LogP contribution is 2.29. The maximum atomic E-state index is 13.1. The molecule has 0 fully saturated rings. The Morgan fingerprint density at radius 1 is 1.12 bits per heavy atom. The molecule has 0 aliphatic heterocycles. The molecule has 0 saturated carbocycles. The van der Waals surface area contributed by atoms with Crippen LogP contribution < -0.4 is 4.72 Å². The Bertz CT molecular complexity index is 915. The van der Waals surface area contributed by atoms with Crippen molar-refractivity contribution in [3.8, 4) is 0 Å². The molecule has 0 unspecified atom stereocenters. The van der Waals surface area contributed by atoms with E-state index in [0.717, 1.165) is 6.42 Å². The van der Waals surface area contributed by atoms with Crippen molar-refractivity contribution in [2.24, 2.45) is 0 Å². The number of benzene rings is 1. The second kappa shape index (κ2) is 8.94. The van der Waals surface area contributed by atoms with Gasteiger partial charge in [0.2, 0.25) is 10.0 Å². The number of nitrogens with one attached hydrogen (secondary N) is 1. The predicted molar refractivity (Wildman–Crippen MR) is 102 cm³/mol. The van der Waals surface area contributed by atoms with Crippen LogP contribution in [0.15, 0.2) is 53.7 Å². The molecule has 0 radical (unpaired) electrons. The van der Waals surface area contributed by atoms with Crippen molar-refractivity contribution in [3.05, 3.63) is 59.4 Å². The molecule has 1 heterocycles. The minimum atomic E-state index is -3.84. The van der Waals surface area contributed by atoms with Crippen molar-refractivity contribution in [1.29, 1.82) is 0 Å². The molecule has 1 atom stereocenters. The van der Waals surface area contributed by atoms with E-state index >= 15 is 0 Å². The second-order valence-corrected chi connectivity index (χ2v) is 10.3. The molecule has 142 valence electrons. The number of sulfonamides is 1. The summed E-state index contributed by atoms with van der Waals surface area (Å²) in [6.07, 6.45) is 4.20. The number of unbranched alkanes of at least 4 members (excludes halogenated alkanes) is 1. The molecule has 0 spiro atoms. The van der Waals surface area contributed by atoms with Crippen molar-refractivity contribution in [2.75, 3.05) is 12.3 Å². The number of hydrogen-bond acceptors (Lipinski definition) is 5. The van der Waals surface area contributed by atoms with E-state index in [-0.39, 0.29) is 17.2 Å². The molecule has 0 bridgehead atoms. The monoisotopic (exact) mass is 416 g/mol. The summed E-state index contributed by atoms with van der Waals surface area (Å²) >= 11 is 5.83. The number of hydrogen-bond donors (Lipinski definition) is 1. The number of halogens is 1. The van der Waals surface area contributed by atoms with E-state index < -0.39 is 25.1 Å². The van der Waals surface area contributed by atoms with Gasteiger partial charge in [0, 0.05) is 24.0 Å². The van der Waals surface area contributed by atoms with Crippen LogP contribution in [-0.2, 0) is 19.9 Å². The third kappa shape index (κ3) is 5.51. The molecule has 0 saturated heterocycles. The Labute approximate surface area is 159 Å². The zero-order valence-corrected chi connectivity index (χ0v) is 16.7. The van der Waals surface area contributed by atoms with Gasteiger partial charge in [-0.15, -0.1) is 0 Å². The van der Waals surface area contributed by atoms with E-state index in [2.05, 4.69) is 9.71 Å². The lowest BCUT2D eigenvalue weighted by Gasteiger charge is -2.19. The summed E-state index contributed by atoms with van der Waals surface area (Å²) in [5, 5.41) is -0.670. The van der Waals surface area contributed by atoms with Crippen LogP contribution in [0.4, 0.5) is 0 Å². The Hall–Kier alpha value is -1.48. The first-order valence-corrected chi connectivity index (χ1v) is 11.7. The zero-order valence-electron chi connectivity index (χ0n) is 14.3. The summed E-state index contributed by atoms with van der Waals surface area (Å²) in [5.41, 5.74) is 0.417. The molecule has 9 heteroatoms. The van der Waals surface area contributed by atoms with Crippen LogP contribution in [0, 0.1) is 0 Å². The Kier molecular flexibility index (Phi) is 7.16. The van der Waals surface area contributed by atoms with Crippen LogP contribution in [-0.4, -0.2) is 34.1 Å². The van der Waals surface area contributed by atoms with Crippen molar-refractivity contribution in [3.63, 3.8) is 0 Å². The first-order chi connectivity index (χ1) is 12.3. The van der Waals surface area contributed by atoms with Crippen molar-refractivity contribution in [2.45, 2.75) is 29.9 Å². The quantitative estimate of drug-likeness (QED) is 0.678. The van der Waals surface area contributed by atoms with E-state index in [1.807, 2.05) is 6.92 Å². The molecule has 26 heavy (non-hydrogen) atoms. The zero-order chi connectivity index (χ0) is 19.2. The molecule has 6 nitrogen and oxygen atoms in total. The van der Waals surface area contributed by atoms with Gasteiger partial charge < -0.3 is 0 Å². The molecule has 2 rings (SSSR count). The lowest BCUT2D eigenvalue weighted by Crippen LogP contribution is -2.33. The Morgan fingerprint density at radius 2 is 1.81 bits per heavy atom. The van der Waals surface area contributed by atoms with Gasteiger partial charge in [-0.1, -0.05) is 31.0 Å². The summed E-state index contributed by atoms with van der Waals surface area (Å²) in [5.74, 6) is -0.0374. The molecule has 1 aromatic carbocycles. The lowest BCUT2D eigenvalue weighted by atomic mass is 10.2. The van der Waals surface area contributed by atoms with Gasteiger partial charge in [0.05, 0.1) is 10.6 Å². The van der Waals surface area contributed by atoms with Crippen LogP contribution >= 0.6 is 11.6 Å². The third-order valence-electron chi connectivity index (χ3n) is 3.83. The van der Waals surface area contributed by atoms with E-state index in [9.17, 15) is 16.8 Å². The summed E-state index contributed by atoms with van der Waals surface area (Å²) in [7, 11) is -7.39. The largest absolute Gasteiger partial charge is 0.264 e. The topological polar surface area (TPSA) is 93.2 Å². The molecular formula is C17H21ClN2O4S2. The van der Waals surface area contributed by atoms with Crippen LogP contribution in [0.25, 0.3) is 0 Å². The summed E-state index contributed by atoms with van der Waals surface area (Å²) < 4.78 is 52.7. The van der Waals surface area contributed by atoms with Crippen molar-refractivity contribution < 1.29 is 16.8 Å². The molecule has 0 amide bonds. The fraction of sp³-hybridized carbons (Fsp3) is 0.353. The fourth-order valence-corrected chi connectivity index (χ4v) is 5.48. The smallest absolute Gasteiger partial charge is 0.211 e. The first-order valence-electron chi connectivity index (χ1n) is 8.13. The number of pyridine rings is 1. The molecular weight excluding hydrogens is 396 g/mol. The highest BCUT2D eigenvalue weighted by molar-refractivity contribution is 7.92. The third-order valence-corrected chi connectivity index (χ3v) is 7.63. The molecule has 1 N–H and O–H groups in total. The van der Waals surface area contributed by atoms with Gasteiger partial charge in [0.15, 0.2) is 9.84 Å². The second-order valence-electron chi connectivity index (χ2n) is 5.79. The Balaban J connectivity index is 2.34. The lowest BCUT2D eigenvalue weighted by molar-refractivity contribution is 0.566. The van der Waals surface area contributed by atoms with Crippen LogP contribution in [0.5, 0.6) is 0 Å². The van der Waals surface area contributed by atoms with Crippen LogP contribution in [0.2, 0.25) is 5.02 Å². The van der Waals surface area contributed by atoms with Crippen molar-refractivity contribution in [1.82, 2.24) is 9.71 Å². The normalized spacial score (nSPS) is 13.5. The minimum Gasteiger partial charge on any atom is -0.264 e. The highest BCUT2D eigenvalue weighted by atomic mass is 35.5. The maximum absolute atomic E-state index is 13.1. The van der Waals surface area contributed by atoms with Crippen LogP contribution in [0.1, 0.15) is 30.6 Å². The summed E-state index contributed by atoms with van der Waals surface area (Å²) in [6.45, 7) is 1.63. The van der Waals surface area contributed by atoms with E-state index in [4.69, 9.17) is 11.6 Å². The van der Waals surface area contributed by atoms with Crippen molar-refractivity contribution >= 4 is 31.5 Å². The molecule has 0 aliphatic carbocycles. The first kappa shape index (κ1) is 20.8. The number of nitrogens with zero attached hydrogens (tertiary/aromatic N) is 1. The highest BCUT2D eigenvalue weighted by Gasteiger charge is 2.30. The number of aromatic nitrogens is 1. The minimum absolute atomic E-state index is 0.0374. The average Bonchev–Trinajstić information content (AvgIpc) is 2.61. The van der Waals surface area contributed by atoms with E-state index in [1.54, 1.807) is 12.1 Å². The average molecular weight is 417 g/mol. The van der Waals surface area contributed by atoms with Gasteiger partial charge in [-0.3, -0.25) is 4.98 Å². The van der Waals surface area contributed by atoms with Gasteiger partial charge in [-0.05, 0) is 42.3 Å². The Morgan fingerprint density at radius 3 is 2.38 bits per heavy atom. The standard InChI is InChI=1S/C17H21ClN2O4S2/c1-2-3-11-25(21,22)20-13-17(14-5-4-10-19-12-14)26(23,24)16-8-6-15(18)7-9-16/h4-10,12,17,20H,2-3,11,13H2,1H3/t17-/m0/s1. The molecule has 0 aliphatic rings. The van der Waals surface area contributed by atoms with Gasteiger partial charge >= 0.3 is 0 Å². The van der Waals surface area contributed by atoms with E-state index in [0.29, 0.717) is 17.0 Å². The maximum Gasteiger partial charge on any atom is 0.211 e. The van der Waals surface area contributed by atoms with E-state index in [1.165, 1.54) is 36.7 Å². The van der Waals surface area contributed by atoms with Gasteiger partial charge in [-0.25, -0.2) is 21.6 Å². The van der Waals surface area contributed by atoms with Crippen LogP contribution in [0.3, 0.4) is 0 Å². The van der Waals surface area contributed by atoms with Gasteiger partial charge in [0.1, 0.15) is 5.25 Å². The predicted octanol–water partition coefficient (Wildman–Crippen LogP) is 2.97. The number of rotatable bonds is 9. The van der Waals surface area contributed by atoms with Gasteiger partial charge in [0.25, 0.3) is 0 Å². The summed E-state index contributed by atoms with van der Waals surface area (Å²) in [6, 6.07) is 9.02. The summed E-state index contributed by atoms with van der Waals surface area (Å²) in [4.78, 5) is 4.03. The number of sulfone groups is 1. The van der Waals surface area contributed by atoms with Gasteiger partial charge in [-0.2, -0.15) is 0 Å². The molecule has 2 aromatic rings. The SMILES string of the molecule is CCCCS(=O)(=O)NC[C@@H](c1cccnc1)S(=O)(=O)c1ccc(Cl)cc1. The fourth-order valence-electron chi connectivity index (χ4n) is 2.37.